The first-order valence-corrected chi connectivity index (χ1v) is 8.63. The van der Waals surface area contributed by atoms with Crippen molar-refractivity contribution in [1.82, 2.24) is 9.47 Å². The van der Waals surface area contributed by atoms with Crippen molar-refractivity contribution in [2.75, 3.05) is 6.54 Å². The minimum atomic E-state index is -0.987. The summed E-state index contributed by atoms with van der Waals surface area (Å²) in [5.74, 6) is -1.33. The second-order valence-electron chi connectivity index (χ2n) is 6.56. The summed E-state index contributed by atoms with van der Waals surface area (Å²) in [6.45, 7) is 0.852. The monoisotopic (exact) mass is 362 g/mol. The van der Waals surface area contributed by atoms with Gasteiger partial charge in [0.25, 0.3) is 5.91 Å². The third-order valence-electron chi connectivity index (χ3n) is 4.87. The Hall–Kier alpha value is -3.54. The first-order valence-electron chi connectivity index (χ1n) is 8.63. The molecule has 136 valence electrons. The average Bonchev–Trinajstić information content (AvgIpc) is 3.21. The van der Waals surface area contributed by atoms with Crippen LogP contribution < -0.4 is 0 Å². The highest BCUT2D eigenvalue weighted by Gasteiger charge is 2.24. The van der Waals surface area contributed by atoms with Gasteiger partial charge in [0.05, 0.1) is 11.1 Å². The van der Waals surface area contributed by atoms with Crippen LogP contribution in [0.1, 0.15) is 31.8 Å². The molecule has 2 N–H and O–H groups in total. The lowest BCUT2D eigenvalue weighted by Gasteiger charge is -2.29. The van der Waals surface area contributed by atoms with Gasteiger partial charge in [-0.25, -0.2) is 4.79 Å². The molecule has 27 heavy (non-hydrogen) atoms. The van der Waals surface area contributed by atoms with E-state index in [2.05, 4.69) is 0 Å². The Labute approximate surface area is 155 Å². The van der Waals surface area contributed by atoms with E-state index in [0.29, 0.717) is 19.5 Å². The zero-order valence-electron chi connectivity index (χ0n) is 14.5. The van der Waals surface area contributed by atoms with Crippen LogP contribution in [-0.4, -0.2) is 38.1 Å². The van der Waals surface area contributed by atoms with Crippen LogP contribution in [-0.2, 0) is 13.0 Å². The molecule has 1 amide bonds. The molecule has 0 bridgehead atoms. The van der Waals surface area contributed by atoms with Crippen molar-refractivity contribution in [3.8, 4) is 11.4 Å². The van der Waals surface area contributed by atoms with E-state index in [1.807, 2.05) is 35.2 Å². The van der Waals surface area contributed by atoms with Gasteiger partial charge in [-0.3, -0.25) is 4.79 Å². The van der Waals surface area contributed by atoms with Gasteiger partial charge in [-0.15, -0.1) is 0 Å². The molecule has 0 fully saturated rings. The third kappa shape index (κ3) is 3.17. The summed E-state index contributed by atoms with van der Waals surface area (Å²) in [6.07, 6.45) is 4.37. The molecule has 1 aliphatic rings. The van der Waals surface area contributed by atoms with Gasteiger partial charge in [-0.2, -0.15) is 0 Å². The third-order valence-corrected chi connectivity index (χ3v) is 4.87. The zero-order valence-corrected chi connectivity index (χ0v) is 14.5. The maximum atomic E-state index is 12.9. The number of aromatic nitrogens is 1. The fourth-order valence-electron chi connectivity index (χ4n) is 3.40. The number of nitrogens with zero attached hydrogens (tertiary/aromatic N) is 2. The highest BCUT2D eigenvalue weighted by molar-refractivity contribution is 5.97. The molecule has 2 aromatic carbocycles. The molecule has 4 rings (SSSR count). The maximum absolute atomic E-state index is 12.9. The topological polar surface area (TPSA) is 82.8 Å². The predicted octanol–water partition coefficient (Wildman–Crippen LogP) is 3.08. The van der Waals surface area contributed by atoms with E-state index in [1.165, 1.54) is 0 Å². The molecular formula is C21H18N2O4. The van der Waals surface area contributed by atoms with Gasteiger partial charge in [0.2, 0.25) is 0 Å². The van der Waals surface area contributed by atoms with Crippen molar-refractivity contribution in [1.29, 1.82) is 0 Å². The molecule has 2 heterocycles. The molecule has 6 nitrogen and oxygen atoms in total. The Bertz CT molecular complexity index is 1020. The summed E-state index contributed by atoms with van der Waals surface area (Å²) < 4.78 is 1.85. The summed E-state index contributed by atoms with van der Waals surface area (Å²) in [5, 5.41) is 19.5. The summed E-state index contributed by atoms with van der Waals surface area (Å²) in [6, 6.07) is 13.7. The first kappa shape index (κ1) is 16.9. The summed E-state index contributed by atoms with van der Waals surface area (Å²) in [4.78, 5) is 25.7. The molecule has 0 spiro atoms. The smallest absolute Gasteiger partial charge is 0.335 e. The second-order valence-corrected chi connectivity index (χ2v) is 6.56. The van der Waals surface area contributed by atoms with Gasteiger partial charge >= 0.3 is 5.97 Å². The Morgan fingerprint density at radius 3 is 2.44 bits per heavy atom. The summed E-state index contributed by atoms with van der Waals surface area (Å²) >= 11 is 0. The van der Waals surface area contributed by atoms with E-state index in [-0.39, 0.29) is 22.8 Å². The average molecular weight is 362 g/mol. The highest BCUT2D eigenvalue weighted by atomic mass is 16.4. The molecule has 0 saturated heterocycles. The van der Waals surface area contributed by atoms with Crippen LogP contribution >= 0.6 is 0 Å². The van der Waals surface area contributed by atoms with Gasteiger partial charge in [-0.05, 0) is 53.9 Å². The van der Waals surface area contributed by atoms with Crippen molar-refractivity contribution >= 4 is 11.9 Å². The molecule has 0 unspecified atom stereocenters. The number of carbonyl (C=O) groups excluding carboxylic acids is 1. The van der Waals surface area contributed by atoms with Crippen molar-refractivity contribution in [3.63, 3.8) is 0 Å². The number of benzene rings is 2. The number of hydrogen-bond acceptors (Lipinski definition) is 3. The van der Waals surface area contributed by atoms with E-state index in [0.717, 1.165) is 16.8 Å². The fraction of sp³-hybridized carbons (Fsp3) is 0.143. The van der Waals surface area contributed by atoms with Gasteiger partial charge < -0.3 is 19.7 Å². The molecule has 6 heteroatoms. The van der Waals surface area contributed by atoms with Crippen LogP contribution in [0.5, 0.6) is 5.75 Å². The minimum Gasteiger partial charge on any atom is -0.507 e. The number of carboxylic acid groups (broad SMARTS) is 1. The normalized spacial score (nSPS) is 13.3. The van der Waals surface area contributed by atoms with Crippen LogP contribution in [0.25, 0.3) is 5.69 Å². The predicted molar refractivity (Wildman–Crippen MR) is 99.3 cm³/mol. The molecule has 0 atom stereocenters. The largest absolute Gasteiger partial charge is 0.507 e. The van der Waals surface area contributed by atoms with Gasteiger partial charge in [0.15, 0.2) is 0 Å². The Morgan fingerprint density at radius 1 is 0.963 bits per heavy atom. The second kappa shape index (κ2) is 6.64. The van der Waals surface area contributed by atoms with E-state index in [4.69, 9.17) is 5.11 Å². The van der Waals surface area contributed by atoms with Crippen molar-refractivity contribution in [2.45, 2.75) is 13.0 Å². The number of hydrogen-bond donors (Lipinski definition) is 2. The molecule has 1 aliphatic heterocycles. The van der Waals surface area contributed by atoms with Gasteiger partial charge in [-0.1, -0.05) is 6.07 Å². The zero-order chi connectivity index (χ0) is 19.0. The van der Waals surface area contributed by atoms with Crippen LogP contribution in [0.4, 0.5) is 0 Å². The molecule has 1 aromatic heterocycles. The quantitative estimate of drug-likeness (QED) is 0.750. The van der Waals surface area contributed by atoms with E-state index in [1.54, 1.807) is 35.2 Å². The Kier molecular flexibility index (Phi) is 4.16. The molecule has 0 saturated carbocycles. The number of carbonyl (C=O) groups is 2. The number of aromatic hydroxyl groups is 1. The van der Waals surface area contributed by atoms with Crippen LogP contribution in [0, 0.1) is 0 Å². The number of amides is 1. The lowest BCUT2D eigenvalue weighted by atomic mass is 9.96. The van der Waals surface area contributed by atoms with Crippen molar-refractivity contribution in [2.24, 2.45) is 0 Å². The standard InChI is InChI=1S/C21H18N2O4/c24-19-12-17(22-8-1-2-9-22)5-6-18(19)20(25)23-10-7-14-3-4-15(21(26)27)11-16(14)13-23/h1-6,8-9,11-12,24H,7,10,13H2,(H,26,27). The molecule has 0 aliphatic carbocycles. The lowest BCUT2D eigenvalue weighted by Crippen LogP contribution is -2.36. The number of fused-ring (bicyclic) bond motifs is 1. The Balaban J connectivity index is 1.58. The fourth-order valence-corrected chi connectivity index (χ4v) is 3.40. The number of phenolic OH excluding ortho intramolecular Hbond substituents is 1. The Morgan fingerprint density at radius 2 is 1.74 bits per heavy atom. The summed E-state index contributed by atoms with van der Waals surface area (Å²) in [7, 11) is 0. The SMILES string of the molecule is O=C(O)c1ccc2c(c1)CN(C(=O)c1ccc(-n3cccc3)cc1O)CC2. The molecule has 3 aromatic rings. The molecular weight excluding hydrogens is 344 g/mol. The van der Waals surface area contributed by atoms with Crippen LogP contribution in [0.15, 0.2) is 60.9 Å². The maximum Gasteiger partial charge on any atom is 0.335 e. The number of aromatic carboxylic acids is 1. The molecule has 0 radical (unpaired) electrons. The van der Waals surface area contributed by atoms with Crippen molar-refractivity contribution in [3.05, 3.63) is 83.2 Å². The van der Waals surface area contributed by atoms with E-state index >= 15 is 0 Å². The number of carboxylic acids is 1. The summed E-state index contributed by atoms with van der Waals surface area (Å²) in [5.41, 5.74) is 3.10. The van der Waals surface area contributed by atoms with Crippen LogP contribution in [0.2, 0.25) is 0 Å². The highest BCUT2D eigenvalue weighted by Crippen LogP contribution is 2.26. The number of rotatable bonds is 3. The van der Waals surface area contributed by atoms with Crippen molar-refractivity contribution < 1.29 is 19.8 Å². The van der Waals surface area contributed by atoms with Gasteiger partial charge in [0, 0.05) is 37.2 Å². The number of phenols is 1. The van der Waals surface area contributed by atoms with Gasteiger partial charge in [0.1, 0.15) is 5.75 Å². The van der Waals surface area contributed by atoms with E-state index in [9.17, 15) is 14.7 Å². The minimum absolute atomic E-state index is 0.0729. The van der Waals surface area contributed by atoms with Crippen LogP contribution in [0.3, 0.4) is 0 Å². The van der Waals surface area contributed by atoms with E-state index < -0.39 is 5.97 Å². The first-order chi connectivity index (χ1) is 13.0. The lowest BCUT2D eigenvalue weighted by molar-refractivity contribution is 0.0696.